The number of nitrogens with zero attached hydrogens (tertiary/aromatic N) is 1. The normalized spacial score (nSPS) is 13.5. The Morgan fingerprint density at radius 2 is 1.39 bits per heavy atom. The van der Waals surface area contributed by atoms with Crippen molar-refractivity contribution >= 4 is 17.6 Å². The number of ketones is 1. The smallest absolute Gasteiger partial charge is 0.262 e. The fraction of sp³-hybridized carbons (Fsp3) is 0.192. The molecule has 168 valence electrons. The highest BCUT2D eigenvalue weighted by Gasteiger charge is 2.42. The summed E-state index contributed by atoms with van der Waals surface area (Å²) in [6.45, 7) is 0. The molecule has 3 aromatic carbocycles. The molecule has 0 saturated heterocycles. The van der Waals surface area contributed by atoms with E-state index < -0.39 is 17.9 Å². The minimum Gasteiger partial charge on any atom is -0.497 e. The Balaban J connectivity index is 1.75. The molecule has 7 nitrogen and oxygen atoms in total. The minimum atomic E-state index is -1.04. The molecule has 0 unspecified atom stereocenters. The Morgan fingerprint density at radius 3 is 1.94 bits per heavy atom. The van der Waals surface area contributed by atoms with Gasteiger partial charge in [0.1, 0.15) is 11.8 Å². The highest BCUT2D eigenvalue weighted by molar-refractivity contribution is 6.23. The summed E-state index contributed by atoms with van der Waals surface area (Å²) in [5.41, 5.74) is 1.68. The molecule has 0 aromatic heterocycles. The van der Waals surface area contributed by atoms with Crippen molar-refractivity contribution in [3.05, 3.63) is 89.0 Å². The highest BCUT2D eigenvalue weighted by atomic mass is 16.5. The van der Waals surface area contributed by atoms with Crippen molar-refractivity contribution in [3.63, 3.8) is 0 Å². The molecule has 7 heteroatoms. The summed E-state index contributed by atoms with van der Waals surface area (Å²) in [6, 6.07) is 17.5. The monoisotopic (exact) mass is 445 g/mol. The molecule has 0 aliphatic carbocycles. The number of amides is 2. The number of carbonyl (C=O) groups excluding carboxylic acids is 3. The Hall–Kier alpha value is -4.13. The second-order valence-electron chi connectivity index (χ2n) is 7.53. The third-order valence-corrected chi connectivity index (χ3v) is 5.70. The van der Waals surface area contributed by atoms with Crippen LogP contribution in [0.2, 0.25) is 0 Å². The number of rotatable bonds is 8. The number of carbonyl (C=O) groups is 3. The minimum absolute atomic E-state index is 0.155. The van der Waals surface area contributed by atoms with Crippen LogP contribution in [0.25, 0.3) is 0 Å². The summed E-state index contributed by atoms with van der Waals surface area (Å²) in [7, 11) is 4.55. The van der Waals surface area contributed by atoms with Crippen LogP contribution in [0.15, 0.2) is 66.7 Å². The molecule has 1 heterocycles. The van der Waals surface area contributed by atoms with Gasteiger partial charge in [-0.2, -0.15) is 0 Å². The first-order valence-electron chi connectivity index (χ1n) is 10.3. The van der Waals surface area contributed by atoms with Crippen LogP contribution in [0, 0.1) is 0 Å². The van der Waals surface area contributed by atoms with Crippen molar-refractivity contribution in [2.45, 2.75) is 12.5 Å². The zero-order chi connectivity index (χ0) is 23.5. The van der Waals surface area contributed by atoms with Crippen molar-refractivity contribution < 1.29 is 28.6 Å². The quantitative estimate of drug-likeness (QED) is 0.388. The molecule has 4 rings (SSSR count). The lowest BCUT2D eigenvalue weighted by Crippen LogP contribution is -2.46. The summed E-state index contributed by atoms with van der Waals surface area (Å²) in [5.74, 6) is 0.185. The topological polar surface area (TPSA) is 82.1 Å². The maximum Gasteiger partial charge on any atom is 0.262 e. The molecule has 1 aliphatic rings. The molecule has 33 heavy (non-hydrogen) atoms. The Bertz CT molecular complexity index is 1180. The number of fused-ring (bicyclic) bond motifs is 1. The predicted molar refractivity (Wildman–Crippen MR) is 121 cm³/mol. The Labute approximate surface area is 191 Å². The summed E-state index contributed by atoms with van der Waals surface area (Å²) < 4.78 is 15.8. The number of methoxy groups -OCH3 is 3. The van der Waals surface area contributed by atoms with Gasteiger partial charge in [-0.15, -0.1) is 0 Å². The SMILES string of the molecule is COc1ccc(C[C@@H](C(=O)c2ccc(OC)c(OC)c2)N2C(=O)c3ccccc3C2=O)cc1. The molecule has 1 atom stereocenters. The van der Waals surface area contributed by atoms with Gasteiger partial charge in [0.05, 0.1) is 32.5 Å². The standard InChI is InChI=1S/C26H23NO6/c1-31-18-11-8-16(9-12-18)14-21(24(28)17-10-13-22(32-2)23(15-17)33-3)27-25(29)19-6-4-5-7-20(19)26(27)30/h4-13,15,21H,14H2,1-3H3/t21-/m0/s1. The van der Waals surface area contributed by atoms with Crippen LogP contribution in [0.5, 0.6) is 17.2 Å². The lowest BCUT2D eigenvalue weighted by Gasteiger charge is -2.25. The van der Waals surface area contributed by atoms with E-state index in [1.54, 1.807) is 61.7 Å². The van der Waals surface area contributed by atoms with Gasteiger partial charge in [-0.1, -0.05) is 24.3 Å². The number of hydrogen-bond donors (Lipinski definition) is 0. The fourth-order valence-electron chi connectivity index (χ4n) is 3.96. The third kappa shape index (κ3) is 4.05. The number of imide groups is 1. The lowest BCUT2D eigenvalue weighted by molar-refractivity contribution is 0.0540. The maximum absolute atomic E-state index is 13.7. The Morgan fingerprint density at radius 1 is 0.788 bits per heavy atom. The maximum atomic E-state index is 13.7. The van der Waals surface area contributed by atoms with E-state index in [0.29, 0.717) is 33.9 Å². The largest absolute Gasteiger partial charge is 0.497 e. The number of ether oxygens (including phenoxy) is 3. The number of benzene rings is 3. The molecule has 0 saturated carbocycles. The van der Waals surface area contributed by atoms with E-state index in [9.17, 15) is 14.4 Å². The molecule has 0 spiro atoms. The van der Waals surface area contributed by atoms with Crippen LogP contribution in [0.1, 0.15) is 36.6 Å². The molecular weight excluding hydrogens is 422 g/mol. The van der Waals surface area contributed by atoms with Gasteiger partial charge in [0.2, 0.25) is 0 Å². The van der Waals surface area contributed by atoms with Gasteiger partial charge < -0.3 is 14.2 Å². The van der Waals surface area contributed by atoms with Gasteiger partial charge in [-0.05, 0) is 48.0 Å². The van der Waals surface area contributed by atoms with E-state index in [1.165, 1.54) is 14.2 Å². The molecule has 3 aromatic rings. The van der Waals surface area contributed by atoms with E-state index in [4.69, 9.17) is 14.2 Å². The first-order valence-corrected chi connectivity index (χ1v) is 10.3. The number of hydrogen-bond acceptors (Lipinski definition) is 6. The van der Waals surface area contributed by atoms with Crippen LogP contribution in [0.3, 0.4) is 0 Å². The van der Waals surface area contributed by atoms with Crippen LogP contribution in [-0.4, -0.2) is 49.9 Å². The molecule has 0 fully saturated rings. The highest BCUT2D eigenvalue weighted by Crippen LogP contribution is 2.31. The van der Waals surface area contributed by atoms with Crippen LogP contribution >= 0.6 is 0 Å². The fourth-order valence-corrected chi connectivity index (χ4v) is 3.96. The van der Waals surface area contributed by atoms with Crippen molar-refractivity contribution in [1.82, 2.24) is 4.90 Å². The van der Waals surface area contributed by atoms with Gasteiger partial charge in [0.25, 0.3) is 11.8 Å². The molecule has 1 aliphatic heterocycles. The zero-order valence-corrected chi connectivity index (χ0v) is 18.5. The molecule has 0 bridgehead atoms. The Kier molecular flexibility index (Phi) is 6.13. The second kappa shape index (κ2) is 9.16. The molecular formula is C26H23NO6. The summed E-state index contributed by atoms with van der Waals surface area (Å²) in [4.78, 5) is 41.1. The average molecular weight is 445 g/mol. The molecule has 0 radical (unpaired) electrons. The van der Waals surface area contributed by atoms with Crippen molar-refractivity contribution in [2.75, 3.05) is 21.3 Å². The van der Waals surface area contributed by atoms with Gasteiger partial charge in [0, 0.05) is 12.0 Å². The van der Waals surface area contributed by atoms with Crippen molar-refractivity contribution in [2.24, 2.45) is 0 Å². The van der Waals surface area contributed by atoms with Gasteiger partial charge in [-0.25, -0.2) is 0 Å². The van der Waals surface area contributed by atoms with Gasteiger partial charge >= 0.3 is 0 Å². The van der Waals surface area contributed by atoms with E-state index in [-0.39, 0.29) is 12.2 Å². The summed E-state index contributed by atoms with van der Waals surface area (Å²) in [5, 5.41) is 0. The summed E-state index contributed by atoms with van der Waals surface area (Å²) >= 11 is 0. The van der Waals surface area contributed by atoms with E-state index in [1.807, 2.05) is 12.1 Å². The van der Waals surface area contributed by atoms with E-state index >= 15 is 0 Å². The second-order valence-corrected chi connectivity index (χ2v) is 7.53. The average Bonchev–Trinajstić information content (AvgIpc) is 3.12. The van der Waals surface area contributed by atoms with Gasteiger partial charge in [-0.3, -0.25) is 19.3 Å². The van der Waals surface area contributed by atoms with Crippen LogP contribution in [0.4, 0.5) is 0 Å². The zero-order valence-electron chi connectivity index (χ0n) is 18.5. The van der Waals surface area contributed by atoms with Crippen molar-refractivity contribution in [1.29, 1.82) is 0 Å². The van der Waals surface area contributed by atoms with Gasteiger partial charge in [0.15, 0.2) is 17.3 Å². The van der Waals surface area contributed by atoms with Crippen molar-refractivity contribution in [3.8, 4) is 17.2 Å². The third-order valence-electron chi connectivity index (χ3n) is 5.70. The first kappa shape index (κ1) is 22.1. The van der Waals surface area contributed by atoms with E-state index in [0.717, 1.165) is 10.5 Å². The van der Waals surface area contributed by atoms with Crippen LogP contribution in [-0.2, 0) is 6.42 Å². The van der Waals surface area contributed by atoms with Crippen LogP contribution < -0.4 is 14.2 Å². The predicted octanol–water partition coefficient (Wildman–Crippen LogP) is 3.80. The summed E-state index contributed by atoms with van der Waals surface area (Å²) in [6.07, 6.45) is 0.155. The molecule has 0 N–H and O–H groups in total. The lowest BCUT2D eigenvalue weighted by atomic mass is 9.95. The first-order chi connectivity index (χ1) is 16.0. The molecule has 2 amide bonds. The number of Topliss-reactive ketones (excluding diaryl/α,β-unsaturated/α-hetero) is 1. The van der Waals surface area contributed by atoms with E-state index in [2.05, 4.69) is 0 Å².